The SMILES string of the molecule is Cc1ncc(C(F)(F)F)c(-c2cc(SCCNC=O)c(C)s2)n1. The zero-order valence-electron chi connectivity index (χ0n) is 12.4. The summed E-state index contributed by atoms with van der Waals surface area (Å²) in [6.45, 7) is 3.91. The Labute approximate surface area is 139 Å². The van der Waals surface area contributed by atoms with Crippen molar-refractivity contribution < 1.29 is 18.0 Å². The van der Waals surface area contributed by atoms with Gasteiger partial charge >= 0.3 is 6.18 Å². The van der Waals surface area contributed by atoms with Crippen LogP contribution in [-0.2, 0) is 11.0 Å². The molecular weight excluding hydrogens is 347 g/mol. The number of rotatable bonds is 6. The van der Waals surface area contributed by atoms with Gasteiger partial charge in [0.05, 0.1) is 10.6 Å². The molecule has 0 unspecified atom stereocenters. The number of thiophene rings is 1. The van der Waals surface area contributed by atoms with Gasteiger partial charge in [-0.15, -0.1) is 23.1 Å². The standard InChI is InChI=1S/C14H14F3N3OS2/c1-8-11(22-4-3-18-7-21)5-12(23-8)13-10(14(15,16)17)6-19-9(2)20-13/h5-7H,3-4H2,1-2H3,(H,18,21). The van der Waals surface area contributed by atoms with Gasteiger partial charge in [-0.1, -0.05) is 0 Å². The molecule has 0 atom stereocenters. The van der Waals surface area contributed by atoms with Gasteiger partial charge in [0.15, 0.2) is 0 Å². The van der Waals surface area contributed by atoms with Crippen molar-refractivity contribution in [2.24, 2.45) is 0 Å². The number of nitrogens with zero attached hydrogens (tertiary/aromatic N) is 2. The molecule has 2 aromatic rings. The highest BCUT2D eigenvalue weighted by atomic mass is 32.2. The smallest absolute Gasteiger partial charge is 0.358 e. The van der Waals surface area contributed by atoms with Crippen LogP contribution in [0.1, 0.15) is 16.3 Å². The van der Waals surface area contributed by atoms with Crippen LogP contribution >= 0.6 is 23.1 Å². The van der Waals surface area contributed by atoms with Crippen LogP contribution in [-0.4, -0.2) is 28.7 Å². The molecule has 0 spiro atoms. The third kappa shape index (κ3) is 4.44. The summed E-state index contributed by atoms with van der Waals surface area (Å²) in [5.41, 5.74) is -0.917. The fourth-order valence-corrected chi connectivity index (χ4v) is 4.01. The maximum Gasteiger partial charge on any atom is 0.420 e. The lowest BCUT2D eigenvalue weighted by Crippen LogP contribution is -2.13. The number of aryl methyl sites for hydroxylation is 2. The zero-order chi connectivity index (χ0) is 17.0. The van der Waals surface area contributed by atoms with Crippen LogP contribution in [0.25, 0.3) is 10.6 Å². The largest absolute Gasteiger partial charge is 0.420 e. The highest BCUT2D eigenvalue weighted by Crippen LogP contribution is 2.41. The third-order valence-electron chi connectivity index (χ3n) is 2.91. The Hall–Kier alpha value is -1.61. The molecule has 2 aromatic heterocycles. The van der Waals surface area contributed by atoms with E-state index >= 15 is 0 Å². The van der Waals surface area contributed by atoms with E-state index < -0.39 is 11.7 Å². The Bertz CT molecular complexity index is 701. The molecule has 0 aliphatic rings. The van der Waals surface area contributed by atoms with Crippen molar-refractivity contribution in [3.8, 4) is 10.6 Å². The zero-order valence-corrected chi connectivity index (χ0v) is 14.0. The van der Waals surface area contributed by atoms with Crippen molar-refractivity contribution in [1.82, 2.24) is 15.3 Å². The molecule has 0 saturated carbocycles. The number of carbonyl (C=O) groups excluding carboxylic acids is 1. The first kappa shape index (κ1) is 17.7. The number of thioether (sulfide) groups is 1. The van der Waals surface area contributed by atoms with Gasteiger partial charge in [0, 0.05) is 28.3 Å². The van der Waals surface area contributed by atoms with Crippen molar-refractivity contribution in [2.75, 3.05) is 12.3 Å². The Morgan fingerprint density at radius 1 is 1.39 bits per heavy atom. The first-order valence-corrected chi connectivity index (χ1v) is 8.44. The van der Waals surface area contributed by atoms with Crippen LogP contribution in [0.3, 0.4) is 0 Å². The Morgan fingerprint density at radius 2 is 2.13 bits per heavy atom. The molecule has 1 N–H and O–H groups in total. The molecule has 0 saturated heterocycles. The monoisotopic (exact) mass is 361 g/mol. The topological polar surface area (TPSA) is 54.9 Å². The number of aromatic nitrogens is 2. The second kappa shape index (κ2) is 7.31. The quantitative estimate of drug-likeness (QED) is 0.484. The van der Waals surface area contributed by atoms with Gasteiger partial charge < -0.3 is 5.32 Å². The van der Waals surface area contributed by atoms with E-state index in [1.165, 1.54) is 23.1 Å². The van der Waals surface area contributed by atoms with Gasteiger partial charge in [-0.05, 0) is 19.9 Å². The van der Waals surface area contributed by atoms with E-state index in [1.807, 2.05) is 6.92 Å². The van der Waals surface area contributed by atoms with Crippen LogP contribution in [0.2, 0.25) is 0 Å². The Balaban J connectivity index is 2.32. The summed E-state index contributed by atoms with van der Waals surface area (Å²) in [5.74, 6) is 0.938. The second-order valence-corrected chi connectivity index (χ2v) is 7.02. The lowest BCUT2D eigenvalue weighted by atomic mass is 10.2. The molecule has 23 heavy (non-hydrogen) atoms. The van der Waals surface area contributed by atoms with E-state index in [0.29, 0.717) is 29.4 Å². The molecule has 2 heterocycles. The molecule has 0 bridgehead atoms. The van der Waals surface area contributed by atoms with Crippen LogP contribution in [0.4, 0.5) is 13.2 Å². The van der Waals surface area contributed by atoms with E-state index in [0.717, 1.165) is 16.0 Å². The average molecular weight is 361 g/mol. The summed E-state index contributed by atoms with van der Waals surface area (Å²) in [7, 11) is 0. The summed E-state index contributed by atoms with van der Waals surface area (Å²) in [4.78, 5) is 20.1. The molecule has 0 aliphatic carbocycles. The number of alkyl halides is 3. The molecule has 0 aromatic carbocycles. The first-order chi connectivity index (χ1) is 10.8. The maximum absolute atomic E-state index is 13.1. The predicted octanol–water partition coefficient (Wildman–Crippen LogP) is 3.68. The first-order valence-electron chi connectivity index (χ1n) is 6.64. The lowest BCUT2D eigenvalue weighted by Gasteiger charge is -2.10. The number of halogens is 3. The minimum absolute atomic E-state index is 0.0871. The summed E-state index contributed by atoms with van der Waals surface area (Å²) < 4.78 is 39.4. The minimum Gasteiger partial charge on any atom is -0.358 e. The fraction of sp³-hybridized carbons (Fsp3) is 0.357. The van der Waals surface area contributed by atoms with Crippen molar-refractivity contribution in [2.45, 2.75) is 24.9 Å². The van der Waals surface area contributed by atoms with Gasteiger partial charge in [-0.2, -0.15) is 13.2 Å². The maximum atomic E-state index is 13.1. The highest BCUT2D eigenvalue weighted by Gasteiger charge is 2.35. The van der Waals surface area contributed by atoms with Gasteiger partial charge in [0.25, 0.3) is 0 Å². The van der Waals surface area contributed by atoms with Crippen molar-refractivity contribution >= 4 is 29.5 Å². The highest BCUT2D eigenvalue weighted by molar-refractivity contribution is 7.99. The van der Waals surface area contributed by atoms with Gasteiger partial charge in [0.2, 0.25) is 6.41 Å². The number of hydrogen-bond acceptors (Lipinski definition) is 5. The van der Waals surface area contributed by atoms with Crippen molar-refractivity contribution in [3.05, 3.63) is 28.5 Å². The molecule has 0 aliphatic heterocycles. The molecule has 9 heteroatoms. The Kier molecular flexibility index (Phi) is 5.64. The fourth-order valence-electron chi connectivity index (χ4n) is 1.87. The molecule has 0 radical (unpaired) electrons. The lowest BCUT2D eigenvalue weighted by molar-refractivity contribution is -0.137. The number of amides is 1. The van der Waals surface area contributed by atoms with E-state index in [4.69, 9.17) is 0 Å². The van der Waals surface area contributed by atoms with E-state index in [9.17, 15) is 18.0 Å². The van der Waals surface area contributed by atoms with Gasteiger partial charge in [-0.3, -0.25) is 4.79 Å². The molecule has 124 valence electrons. The number of hydrogen-bond donors (Lipinski definition) is 1. The summed E-state index contributed by atoms with van der Waals surface area (Å²) in [5, 5.41) is 2.55. The van der Waals surface area contributed by atoms with Crippen LogP contribution in [0.5, 0.6) is 0 Å². The van der Waals surface area contributed by atoms with E-state index in [1.54, 1.807) is 13.0 Å². The van der Waals surface area contributed by atoms with Crippen molar-refractivity contribution in [3.63, 3.8) is 0 Å². The second-order valence-electron chi connectivity index (χ2n) is 4.63. The van der Waals surface area contributed by atoms with E-state index in [-0.39, 0.29) is 5.69 Å². The van der Waals surface area contributed by atoms with Crippen molar-refractivity contribution in [1.29, 1.82) is 0 Å². The van der Waals surface area contributed by atoms with Crippen LogP contribution < -0.4 is 5.32 Å². The van der Waals surface area contributed by atoms with Crippen LogP contribution in [0, 0.1) is 13.8 Å². The molecule has 2 rings (SSSR count). The summed E-state index contributed by atoms with van der Waals surface area (Å²) in [6, 6.07) is 1.71. The molecule has 4 nitrogen and oxygen atoms in total. The van der Waals surface area contributed by atoms with Gasteiger partial charge in [0.1, 0.15) is 11.4 Å². The number of carbonyl (C=O) groups is 1. The predicted molar refractivity (Wildman–Crippen MR) is 84.6 cm³/mol. The summed E-state index contributed by atoms with van der Waals surface area (Å²) in [6.07, 6.45) is -3.05. The number of nitrogens with one attached hydrogen (secondary N) is 1. The average Bonchev–Trinajstić information content (AvgIpc) is 2.83. The van der Waals surface area contributed by atoms with E-state index in [2.05, 4.69) is 15.3 Å². The molecule has 0 fully saturated rings. The normalized spacial score (nSPS) is 11.5. The molecule has 1 amide bonds. The van der Waals surface area contributed by atoms with Crippen LogP contribution in [0.15, 0.2) is 17.2 Å². The third-order valence-corrected chi connectivity index (χ3v) is 5.24. The Morgan fingerprint density at radius 3 is 2.78 bits per heavy atom. The molecular formula is C14H14F3N3OS2. The summed E-state index contributed by atoms with van der Waals surface area (Å²) >= 11 is 2.75. The minimum atomic E-state index is -4.50. The van der Waals surface area contributed by atoms with Gasteiger partial charge in [-0.25, -0.2) is 9.97 Å².